The van der Waals surface area contributed by atoms with E-state index < -0.39 is 5.41 Å². The molecule has 0 aliphatic heterocycles. The maximum absolute atomic E-state index is 6.80. The number of anilines is 3. The monoisotopic (exact) mass is 831 g/mol. The third kappa shape index (κ3) is 4.90. The number of fused-ring (bicyclic) bond motifs is 18. The van der Waals surface area contributed by atoms with Crippen LogP contribution >= 0.6 is 11.3 Å². The van der Waals surface area contributed by atoms with Gasteiger partial charge in [0.2, 0.25) is 0 Å². The molecule has 298 valence electrons. The summed E-state index contributed by atoms with van der Waals surface area (Å²) in [6, 6.07) is 83.0. The minimum absolute atomic E-state index is 0.604. The summed E-state index contributed by atoms with van der Waals surface area (Å²) in [4.78, 5) is 2.39. The normalized spacial score (nSPS) is 14.6. The van der Waals surface area contributed by atoms with Crippen molar-refractivity contribution >= 4 is 70.5 Å². The zero-order chi connectivity index (χ0) is 41.9. The molecule has 2 heterocycles. The predicted octanol–water partition coefficient (Wildman–Crippen LogP) is 17.1. The van der Waals surface area contributed by atoms with Gasteiger partial charge >= 0.3 is 0 Å². The molecule has 64 heavy (non-hydrogen) atoms. The molecule has 12 aromatic rings. The predicted molar refractivity (Wildman–Crippen MR) is 268 cm³/mol. The standard InChI is InChI=1S/C61H37NOS/c1-2-15-38(16-3-1)39-29-31-40(32-30-39)62(56-26-14-23-48-46-21-8-12-27-57(46)63-60(48)56)41-33-34-54-49(35-41)43-18-5-4-17-42(43)44-19-6-10-24-52(44)61(54)53-25-11-7-20-45(53)50-37-59-51(36-55(50)61)47-22-9-13-28-58(47)64-59/h1-37H. The Balaban J connectivity index is 1.08. The van der Waals surface area contributed by atoms with Crippen molar-refractivity contribution in [3.8, 4) is 44.5 Å². The van der Waals surface area contributed by atoms with Crippen LogP contribution in [0.3, 0.4) is 0 Å². The summed E-state index contributed by atoms with van der Waals surface area (Å²) in [5, 5.41) is 4.83. The van der Waals surface area contributed by atoms with Gasteiger partial charge in [-0.05, 0) is 121 Å². The summed E-state index contributed by atoms with van der Waals surface area (Å²) >= 11 is 1.89. The molecule has 2 aliphatic rings. The Hall–Kier alpha value is -7.98. The highest BCUT2D eigenvalue weighted by atomic mass is 32.1. The van der Waals surface area contributed by atoms with Crippen LogP contribution < -0.4 is 4.90 Å². The first kappa shape index (κ1) is 35.6. The van der Waals surface area contributed by atoms with E-state index in [4.69, 9.17) is 4.42 Å². The molecule has 2 nitrogen and oxygen atoms in total. The van der Waals surface area contributed by atoms with Crippen molar-refractivity contribution in [2.75, 3.05) is 4.90 Å². The lowest BCUT2D eigenvalue weighted by Gasteiger charge is -2.36. The van der Waals surface area contributed by atoms with Crippen LogP contribution in [-0.4, -0.2) is 0 Å². The number of hydrogen-bond donors (Lipinski definition) is 0. The Morgan fingerprint density at radius 3 is 1.72 bits per heavy atom. The largest absolute Gasteiger partial charge is 0.454 e. The Morgan fingerprint density at radius 1 is 0.344 bits per heavy atom. The molecule has 2 aliphatic carbocycles. The maximum atomic E-state index is 6.80. The fraction of sp³-hybridized carbons (Fsp3) is 0.0164. The summed E-state index contributed by atoms with van der Waals surface area (Å²) < 4.78 is 9.44. The number of para-hydroxylation sites is 2. The van der Waals surface area contributed by atoms with E-state index in [1.165, 1.54) is 86.9 Å². The third-order valence-electron chi connectivity index (χ3n) is 13.9. The molecule has 0 N–H and O–H groups in total. The van der Waals surface area contributed by atoms with Crippen LogP contribution in [0.15, 0.2) is 229 Å². The van der Waals surface area contributed by atoms with E-state index in [0.717, 1.165) is 39.0 Å². The summed E-state index contributed by atoms with van der Waals surface area (Å²) in [6.45, 7) is 0. The van der Waals surface area contributed by atoms with Crippen LogP contribution in [0.5, 0.6) is 0 Å². The molecule has 0 saturated carbocycles. The van der Waals surface area contributed by atoms with Crippen molar-refractivity contribution in [2.45, 2.75) is 5.41 Å². The van der Waals surface area contributed by atoms with Gasteiger partial charge < -0.3 is 9.32 Å². The lowest BCUT2D eigenvalue weighted by molar-refractivity contribution is 0.669. The van der Waals surface area contributed by atoms with E-state index in [0.29, 0.717) is 0 Å². The first-order valence-corrected chi connectivity index (χ1v) is 22.8. The molecule has 14 rings (SSSR count). The van der Waals surface area contributed by atoms with E-state index in [1.807, 2.05) is 17.4 Å². The highest BCUT2D eigenvalue weighted by Gasteiger charge is 2.50. The Bertz CT molecular complexity index is 3860. The average molecular weight is 832 g/mol. The number of thiophene rings is 1. The minimum Gasteiger partial charge on any atom is -0.454 e. The second kappa shape index (κ2) is 13.5. The van der Waals surface area contributed by atoms with E-state index >= 15 is 0 Å². The highest BCUT2D eigenvalue weighted by molar-refractivity contribution is 7.25. The van der Waals surface area contributed by atoms with Gasteiger partial charge in [0.25, 0.3) is 0 Å². The van der Waals surface area contributed by atoms with Crippen LogP contribution in [0, 0.1) is 0 Å². The third-order valence-corrected chi connectivity index (χ3v) is 15.0. The minimum atomic E-state index is -0.604. The van der Waals surface area contributed by atoms with Crippen molar-refractivity contribution in [1.82, 2.24) is 0 Å². The molecular formula is C61H37NOS. The Morgan fingerprint density at radius 2 is 0.922 bits per heavy atom. The number of rotatable bonds is 4. The lowest BCUT2D eigenvalue weighted by atomic mass is 9.65. The van der Waals surface area contributed by atoms with Gasteiger partial charge in [0.15, 0.2) is 5.58 Å². The molecule has 1 atom stereocenters. The molecule has 0 bridgehead atoms. The van der Waals surface area contributed by atoms with Crippen LogP contribution in [0.4, 0.5) is 17.1 Å². The molecular weight excluding hydrogens is 795 g/mol. The van der Waals surface area contributed by atoms with Gasteiger partial charge in [-0.25, -0.2) is 0 Å². The zero-order valence-electron chi connectivity index (χ0n) is 34.6. The summed E-state index contributed by atoms with van der Waals surface area (Å²) in [7, 11) is 0. The quantitative estimate of drug-likeness (QED) is 0.176. The highest BCUT2D eigenvalue weighted by Crippen LogP contribution is 2.63. The second-order valence-corrected chi connectivity index (χ2v) is 18.2. The van der Waals surface area contributed by atoms with Crippen LogP contribution in [-0.2, 0) is 5.41 Å². The smallest absolute Gasteiger partial charge is 0.159 e. The van der Waals surface area contributed by atoms with E-state index in [1.54, 1.807) is 0 Å². The molecule has 0 saturated heterocycles. The van der Waals surface area contributed by atoms with E-state index in [9.17, 15) is 0 Å². The van der Waals surface area contributed by atoms with Gasteiger partial charge in [-0.2, -0.15) is 0 Å². The van der Waals surface area contributed by atoms with Gasteiger partial charge in [0, 0.05) is 42.3 Å². The summed E-state index contributed by atoms with van der Waals surface area (Å²) in [5.74, 6) is 0. The van der Waals surface area contributed by atoms with Crippen molar-refractivity contribution in [1.29, 1.82) is 0 Å². The zero-order valence-corrected chi connectivity index (χ0v) is 35.4. The van der Waals surface area contributed by atoms with Crippen LogP contribution in [0.1, 0.15) is 22.3 Å². The fourth-order valence-electron chi connectivity index (χ4n) is 11.2. The molecule has 3 heteroatoms. The van der Waals surface area contributed by atoms with Gasteiger partial charge in [-0.15, -0.1) is 11.3 Å². The first-order valence-electron chi connectivity index (χ1n) is 22.0. The van der Waals surface area contributed by atoms with Crippen molar-refractivity contribution in [3.05, 3.63) is 247 Å². The molecule has 0 radical (unpaired) electrons. The SMILES string of the molecule is c1ccc(-c2ccc(N(c3ccc4c(c3)-c3ccccc3-c3ccccc3C43c4ccccc4-c4cc5sc6ccccc6c5cc43)c3cccc4c3oc3ccccc34)cc2)cc1. The van der Waals surface area contributed by atoms with E-state index in [2.05, 4.69) is 223 Å². The number of benzene rings is 10. The van der Waals surface area contributed by atoms with Gasteiger partial charge in [0.1, 0.15) is 5.58 Å². The Labute approximate surface area is 374 Å². The van der Waals surface area contributed by atoms with Crippen molar-refractivity contribution < 1.29 is 4.42 Å². The summed E-state index contributed by atoms with van der Waals surface area (Å²) in [5.41, 5.74) is 19.4. The summed E-state index contributed by atoms with van der Waals surface area (Å²) in [6.07, 6.45) is 0. The van der Waals surface area contributed by atoms with Crippen LogP contribution in [0.2, 0.25) is 0 Å². The fourth-order valence-corrected chi connectivity index (χ4v) is 12.3. The Kier molecular flexibility index (Phi) is 7.51. The molecule has 0 amide bonds. The molecule has 10 aromatic carbocycles. The maximum Gasteiger partial charge on any atom is 0.159 e. The van der Waals surface area contributed by atoms with Gasteiger partial charge in [-0.3, -0.25) is 0 Å². The average Bonchev–Trinajstić information content (AvgIpc) is 4.00. The molecule has 1 spiro atoms. The molecule has 1 unspecified atom stereocenters. The number of furan rings is 1. The van der Waals surface area contributed by atoms with E-state index in [-0.39, 0.29) is 0 Å². The topological polar surface area (TPSA) is 16.4 Å². The lowest BCUT2D eigenvalue weighted by Crippen LogP contribution is -2.29. The first-order chi connectivity index (χ1) is 31.7. The van der Waals surface area contributed by atoms with Gasteiger partial charge in [-0.1, -0.05) is 170 Å². The molecule has 0 fully saturated rings. The second-order valence-electron chi connectivity index (χ2n) is 17.1. The van der Waals surface area contributed by atoms with Crippen molar-refractivity contribution in [2.24, 2.45) is 0 Å². The van der Waals surface area contributed by atoms with Gasteiger partial charge in [0.05, 0.1) is 11.1 Å². The van der Waals surface area contributed by atoms with Crippen molar-refractivity contribution in [3.63, 3.8) is 0 Å². The molecule has 2 aromatic heterocycles. The number of hydrogen-bond acceptors (Lipinski definition) is 3. The number of nitrogens with zero attached hydrogens (tertiary/aromatic N) is 1. The van der Waals surface area contributed by atoms with Crippen LogP contribution in [0.25, 0.3) is 86.6 Å².